The minimum Gasteiger partial charge on any atom is -0.383 e. The van der Waals surface area contributed by atoms with Crippen LogP contribution >= 0.6 is 0 Å². The minimum absolute atomic E-state index is 0.206. The highest BCUT2D eigenvalue weighted by Gasteiger charge is 2.22. The Hall–Kier alpha value is -1.80. The van der Waals surface area contributed by atoms with E-state index >= 15 is 0 Å². The quantitative estimate of drug-likeness (QED) is 0.849. The molecular formula is C16H23N3O2. The summed E-state index contributed by atoms with van der Waals surface area (Å²) >= 11 is 0. The molecule has 0 radical (unpaired) electrons. The van der Waals surface area contributed by atoms with Crippen molar-refractivity contribution in [2.45, 2.75) is 33.2 Å². The van der Waals surface area contributed by atoms with Gasteiger partial charge in [0.2, 0.25) is 0 Å². The summed E-state index contributed by atoms with van der Waals surface area (Å²) in [6.07, 6.45) is 2.32. The van der Waals surface area contributed by atoms with Gasteiger partial charge in [0.15, 0.2) is 0 Å². The first-order chi connectivity index (χ1) is 10.1. The number of rotatable bonds is 4. The van der Waals surface area contributed by atoms with Crippen LogP contribution in [-0.2, 0) is 11.3 Å². The molecule has 1 fully saturated rings. The summed E-state index contributed by atoms with van der Waals surface area (Å²) in [5.74, 6) is 0.599. The molecule has 5 nitrogen and oxygen atoms in total. The number of aromatic nitrogens is 1. The van der Waals surface area contributed by atoms with Gasteiger partial charge in [-0.15, -0.1) is 0 Å². The van der Waals surface area contributed by atoms with Crippen LogP contribution in [0.4, 0.5) is 5.69 Å². The van der Waals surface area contributed by atoms with E-state index in [1.165, 1.54) is 6.42 Å². The fourth-order valence-corrected chi connectivity index (χ4v) is 2.98. The summed E-state index contributed by atoms with van der Waals surface area (Å²) in [6, 6.07) is 4.07. The molecule has 0 aromatic carbocycles. The maximum Gasteiger partial charge on any atom is 0.270 e. The van der Waals surface area contributed by atoms with Gasteiger partial charge in [-0.2, -0.15) is 5.26 Å². The molecule has 0 spiro atoms. The van der Waals surface area contributed by atoms with Crippen molar-refractivity contribution in [2.24, 2.45) is 5.92 Å². The Kier molecular flexibility index (Phi) is 5.03. The van der Waals surface area contributed by atoms with Gasteiger partial charge in [-0.25, -0.2) is 0 Å². The molecule has 1 unspecified atom stereocenters. The number of ether oxygens (including phenoxy) is 1. The van der Waals surface area contributed by atoms with Gasteiger partial charge in [-0.1, -0.05) is 6.92 Å². The molecule has 0 aliphatic carbocycles. The van der Waals surface area contributed by atoms with Crippen LogP contribution in [0.25, 0.3) is 0 Å². The number of methoxy groups -OCH3 is 1. The molecule has 2 rings (SSSR count). The Morgan fingerprint density at radius 3 is 2.90 bits per heavy atom. The molecule has 1 aliphatic heterocycles. The Balaban J connectivity index is 2.43. The Morgan fingerprint density at radius 2 is 2.29 bits per heavy atom. The second-order valence-electron chi connectivity index (χ2n) is 5.80. The van der Waals surface area contributed by atoms with Crippen molar-refractivity contribution in [1.82, 2.24) is 4.57 Å². The lowest BCUT2D eigenvalue weighted by Gasteiger charge is -2.33. The van der Waals surface area contributed by atoms with Gasteiger partial charge in [-0.05, 0) is 31.7 Å². The Morgan fingerprint density at radius 1 is 1.52 bits per heavy atom. The molecule has 1 aromatic rings. The third-order valence-corrected chi connectivity index (χ3v) is 4.12. The average molecular weight is 289 g/mol. The Bertz CT molecular complexity index is 601. The van der Waals surface area contributed by atoms with Gasteiger partial charge in [0, 0.05) is 32.4 Å². The second kappa shape index (κ2) is 6.77. The number of aryl methyl sites for hydroxylation is 1. The van der Waals surface area contributed by atoms with Crippen molar-refractivity contribution >= 4 is 5.69 Å². The lowest BCUT2D eigenvalue weighted by Crippen LogP contribution is -2.37. The predicted octanol–water partition coefficient (Wildman–Crippen LogP) is 1.91. The predicted molar refractivity (Wildman–Crippen MR) is 82.6 cm³/mol. The van der Waals surface area contributed by atoms with Crippen LogP contribution in [0.2, 0.25) is 0 Å². The second-order valence-corrected chi connectivity index (χ2v) is 5.80. The number of nitriles is 1. The van der Waals surface area contributed by atoms with Gasteiger partial charge in [0.25, 0.3) is 5.56 Å². The van der Waals surface area contributed by atoms with E-state index in [0.717, 1.165) is 30.9 Å². The van der Waals surface area contributed by atoms with E-state index in [1.807, 2.05) is 13.0 Å². The Labute approximate surface area is 125 Å². The lowest BCUT2D eigenvalue weighted by molar-refractivity contribution is 0.185. The van der Waals surface area contributed by atoms with Crippen LogP contribution in [-0.4, -0.2) is 31.4 Å². The van der Waals surface area contributed by atoms with E-state index in [9.17, 15) is 10.1 Å². The van der Waals surface area contributed by atoms with Crippen LogP contribution in [0.3, 0.4) is 0 Å². The number of nitrogens with zero attached hydrogens (tertiary/aromatic N) is 3. The number of hydrogen-bond donors (Lipinski definition) is 0. The van der Waals surface area contributed by atoms with Crippen LogP contribution in [0, 0.1) is 24.2 Å². The minimum atomic E-state index is -0.206. The van der Waals surface area contributed by atoms with Gasteiger partial charge in [0.05, 0.1) is 12.3 Å². The van der Waals surface area contributed by atoms with Gasteiger partial charge >= 0.3 is 0 Å². The molecule has 2 heterocycles. The van der Waals surface area contributed by atoms with E-state index in [4.69, 9.17) is 4.74 Å². The zero-order valence-corrected chi connectivity index (χ0v) is 13.1. The molecule has 5 heteroatoms. The smallest absolute Gasteiger partial charge is 0.270 e. The molecule has 0 amide bonds. The van der Waals surface area contributed by atoms with Crippen LogP contribution in [0.15, 0.2) is 10.9 Å². The zero-order valence-electron chi connectivity index (χ0n) is 13.1. The van der Waals surface area contributed by atoms with Crippen LogP contribution in [0.5, 0.6) is 0 Å². The van der Waals surface area contributed by atoms with Crippen molar-refractivity contribution in [2.75, 3.05) is 31.7 Å². The third kappa shape index (κ3) is 3.27. The van der Waals surface area contributed by atoms with E-state index in [0.29, 0.717) is 19.1 Å². The topological polar surface area (TPSA) is 58.3 Å². The maximum atomic E-state index is 12.5. The molecule has 0 bridgehead atoms. The molecular weight excluding hydrogens is 266 g/mol. The first-order valence-electron chi connectivity index (χ1n) is 7.47. The average Bonchev–Trinajstić information content (AvgIpc) is 2.46. The molecule has 1 aromatic heterocycles. The molecule has 114 valence electrons. The van der Waals surface area contributed by atoms with E-state index in [-0.39, 0.29) is 11.1 Å². The summed E-state index contributed by atoms with van der Waals surface area (Å²) in [6.45, 7) is 6.90. The number of pyridine rings is 1. The van der Waals surface area contributed by atoms with Crippen LogP contribution in [0.1, 0.15) is 31.0 Å². The summed E-state index contributed by atoms with van der Waals surface area (Å²) in [4.78, 5) is 14.7. The highest BCUT2D eigenvalue weighted by atomic mass is 16.5. The fourth-order valence-electron chi connectivity index (χ4n) is 2.98. The molecule has 21 heavy (non-hydrogen) atoms. The normalized spacial score (nSPS) is 18.6. The maximum absolute atomic E-state index is 12.5. The largest absolute Gasteiger partial charge is 0.383 e. The van der Waals surface area contributed by atoms with Crippen molar-refractivity contribution in [3.05, 3.63) is 27.7 Å². The van der Waals surface area contributed by atoms with Crippen LogP contribution < -0.4 is 10.5 Å². The standard InChI is InChI=1S/C16H23N3O2/c1-12-5-4-6-18(11-12)15-9-13(2)19(7-8-21-3)16(20)14(15)10-17/h9,12H,4-8,11H2,1-3H3. The van der Waals surface area contributed by atoms with E-state index in [2.05, 4.69) is 17.9 Å². The first-order valence-corrected chi connectivity index (χ1v) is 7.47. The van der Waals surface area contributed by atoms with E-state index < -0.39 is 0 Å². The zero-order chi connectivity index (χ0) is 15.4. The summed E-state index contributed by atoms with van der Waals surface area (Å²) < 4.78 is 6.66. The molecule has 1 atom stereocenters. The molecule has 0 saturated carbocycles. The number of hydrogen-bond acceptors (Lipinski definition) is 4. The van der Waals surface area contributed by atoms with Gasteiger partial charge in [-0.3, -0.25) is 4.79 Å². The third-order valence-electron chi connectivity index (χ3n) is 4.12. The highest BCUT2D eigenvalue weighted by Crippen LogP contribution is 2.25. The summed E-state index contributed by atoms with van der Waals surface area (Å²) in [7, 11) is 1.61. The van der Waals surface area contributed by atoms with Gasteiger partial charge < -0.3 is 14.2 Å². The van der Waals surface area contributed by atoms with Crippen molar-refractivity contribution < 1.29 is 4.74 Å². The van der Waals surface area contributed by atoms with Gasteiger partial charge in [0.1, 0.15) is 11.6 Å². The monoisotopic (exact) mass is 289 g/mol. The SMILES string of the molecule is COCCn1c(C)cc(N2CCCC(C)C2)c(C#N)c1=O. The lowest BCUT2D eigenvalue weighted by atomic mass is 9.99. The summed E-state index contributed by atoms with van der Waals surface area (Å²) in [5.41, 5.74) is 1.72. The number of anilines is 1. The fraction of sp³-hybridized carbons (Fsp3) is 0.625. The number of piperidine rings is 1. The molecule has 0 N–H and O–H groups in total. The van der Waals surface area contributed by atoms with Crippen molar-refractivity contribution in [3.63, 3.8) is 0 Å². The molecule has 1 saturated heterocycles. The van der Waals surface area contributed by atoms with Crippen molar-refractivity contribution in [3.8, 4) is 6.07 Å². The highest BCUT2D eigenvalue weighted by molar-refractivity contribution is 5.59. The molecule has 1 aliphatic rings. The van der Waals surface area contributed by atoms with E-state index in [1.54, 1.807) is 11.7 Å². The van der Waals surface area contributed by atoms with Crippen molar-refractivity contribution in [1.29, 1.82) is 5.26 Å². The summed E-state index contributed by atoms with van der Waals surface area (Å²) in [5, 5.41) is 9.42. The first kappa shape index (κ1) is 15.6.